The van der Waals surface area contributed by atoms with Crippen molar-refractivity contribution in [3.8, 4) is 0 Å². The number of carboxylic acid groups (broad SMARTS) is 1. The van der Waals surface area contributed by atoms with E-state index in [-0.39, 0.29) is 18.1 Å². The number of nitrogens with two attached hydrogens (primary N) is 2. The third kappa shape index (κ3) is 476. The highest BCUT2D eigenvalue weighted by molar-refractivity contribution is 14.4. The summed E-state index contributed by atoms with van der Waals surface area (Å²) >= 11 is 12.9. The number of esters is 2. The Morgan fingerprint density at radius 2 is 0.893 bits per heavy atom. The van der Waals surface area contributed by atoms with Gasteiger partial charge in [0.2, 0.25) is 0 Å². The molecule has 0 atom stereocenters. The van der Waals surface area contributed by atoms with Crippen LogP contribution in [0.3, 0.4) is 0 Å². The van der Waals surface area contributed by atoms with E-state index in [1.807, 2.05) is 2.99 Å². The maximum atomic E-state index is 9.59. The van der Waals surface area contributed by atoms with Crippen LogP contribution < -0.4 is 17.6 Å². The molecule has 0 saturated carbocycles. The summed E-state index contributed by atoms with van der Waals surface area (Å²) in [6, 6.07) is 0. The van der Waals surface area contributed by atoms with Gasteiger partial charge in [0, 0.05) is 20.8 Å². The molecule has 0 rings (SSSR count). The van der Waals surface area contributed by atoms with Crippen molar-refractivity contribution < 1.29 is 29.0 Å². The molecule has 0 aliphatic carbocycles. The number of carboxylic acids is 1. The Bertz CT molecular complexity index is 246. The van der Waals surface area contributed by atoms with Crippen molar-refractivity contribution in [1.29, 1.82) is 0 Å². The van der Waals surface area contributed by atoms with Crippen LogP contribution in [0.15, 0.2) is 0 Å². The highest BCUT2D eigenvalue weighted by atomic mass is 127. The van der Waals surface area contributed by atoms with E-state index >= 15 is 0 Å². The molecule has 0 amide bonds. The first kappa shape index (κ1) is 57.6. The lowest BCUT2D eigenvalue weighted by Crippen LogP contribution is -1.88. The van der Waals surface area contributed by atoms with Crippen molar-refractivity contribution in [3.05, 3.63) is 0 Å². The molecule has 8 N–H and O–H groups in total. The van der Waals surface area contributed by atoms with Crippen molar-refractivity contribution >= 4 is 161 Å². The molecule has 0 spiro atoms. The zero-order valence-electron chi connectivity index (χ0n) is 16.9. The van der Waals surface area contributed by atoms with Gasteiger partial charge in [0.25, 0.3) is 8.96 Å². The second kappa shape index (κ2) is 78.0. The number of methoxy groups -OCH3 is 2. The Morgan fingerprint density at radius 1 is 0.857 bits per heavy atom. The van der Waals surface area contributed by atoms with Gasteiger partial charge >= 0.3 is 12.2 Å². The molecule has 0 aliphatic rings. The van der Waals surface area contributed by atoms with Gasteiger partial charge in [-0.25, -0.2) is 0 Å². The fraction of sp³-hybridized carbons (Fsp3) is 0.700. The molecule has 9 nitrogen and oxygen atoms in total. The zero-order chi connectivity index (χ0) is 24.4. The lowest BCUT2D eigenvalue weighted by Gasteiger charge is -1.80. The van der Waals surface area contributed by atoms with Crippen LogP contribution in [0.5, 0.6) is 0 Å². The van der Waals surface area contributed by atoms with Gasteiger partial charge in [-0.3, -0.25) is 14.4 Å². The van der Waals surface area contributed by atoms with E-state index in [1.165, 1.54) is 42.2 Å². The van der Waals surface area contributed by atoms with E-state index in [1.54, 1.807) is 22.4 Å². The molecule has 0 fully saturated rings. The summed E-state index contributed by atoms with van der Waals surface area (Å²) in [4.78, 5) is 28.2. The number of carbonyl (C=O) groups excluding carboxylic acids is 2. The number of hydrogen-bond acceptors (Lipinski definition) is 8. The Labute approximate surface area is 252 Å². The van der Waals surface area contributed by atoms with Gasteiger partial charge in [-0.1, -0.05) is 0 Å². The fourth-order valence-electron chi connectivity index (χ4n) is 0. The van der Waals surface area contributed by atoms with Crippen molar-refractivity contribution in [2.75, 3.05) is 28.3 Å². The van der Waals surface area contributed by atoms with Gasteiger partial charge in [-0.15, -0.1) is 112 Å². The normalized spacial score (nSPS) is 5.39. The summed E-state index contributed by atoms with van der Waals surface area (Å²) < 4.78 is 10.9. The number of halogens is 6. The molecule has 0 unspecified atom stereocenters. The van der Waals surface area contributed by atoms with Gasteiger partial charge in [0.05, 0.1) is 14.2 Å². The molecule has 0 aromatic carbocycles. The fourth-order valence-corrected chi connectivity index (χ4v) is 0. The number of rotatable bonds is 0. The average molecular weight is 1080 g/mol. The highest BCUT2D eigenvalue weighted by Crippen LogP contribution is 2.10. The van der Waals surface area contributed by atoms with Crippen LogP contribution in [-0.2, 0) is 23.9 Å². The quantitative estimate of drug-likeness (QED) is 0.159. The van der Waals surface area contributed by atoms with Crippen molar-refractivity contribution in [1.82, 2.24) is 6.15 Å². The standard InChI is InChI=1S/2C3H6O2.C2H4O2.2CH5N.BI3.BI2.BI.H3N/c2*1-3(4)5-2;1-2(3)4;2*1-2;2-1(3)4;2-1-3;1-2;/h2*1-2H3;1H3,(H,3,4);2*2H2,1H3;;;;1H3. The van der Waals surface area contributed by atoms with Crippen LogP contribution in [0, 0.1) is 0 Å². The second-order valence-electron chi connectivity index (χ2n) is 2.24. The number of ether oxygens (including phenoxy) is 2. The molecule has 0 heterocycles. The Kier molecular flexibility index (Phi) is 160. The van der Waals surface area contributed by atoms with Crippen molar-refractivity contribution in [3.63, 3.8) is 0 Å². The maximum Gasteiger partial charge on any atom is 0.355 e. The third-order valence-electron chi connectivity index (χ3n) is 0.575. The number of hydrogen-bond donors (Lipinski definition) is 4. The first-order valence-corrected chi connectivity index (χ1v) is 13.5. The molecule has 0 saturated heterocycles. The van der Waals surface area contributed by atoms with Gasteiger partial charge in [0.1, 0.15) is 0 Å². The number of carbonyl (C=O) groups is 3. The molecule has 18 heteroatoms. The SMILES string of the molecule is CC(=O)O.CN.CN.COC(C)=O.COC(C)=O.IB(I)I.I[B]I.N.[B]I. The van der Waals surface area contributed by atoms with Crippen LogP contribution in [0.4, 0.5) is 0 Å². The molecular weight excluding hydrogens is 1050 g/mol. The van der Waals surface area contributed by atoms with Crippen molar-refractivity contribution in [2.24, 2.45) is 11.5 Å². The Hall–Kier alpha value is 2.86. The van der Waals surface area contributed by atoms with E-state index in [0.717, 1.165) is 7.21 Å². The van der Waals surface area contributed by atoms with Crippen LogP contribution in [0.1, 0.15) is 20.8 Å². The first-order chi connectivity index (χ1) is 12.4. The minimum atomic E-state index is -0.833. The van der Waals surface area contributed by atoms with E-state index in [0.29, 0.717) is 0 Å². The molecule has 28 heavy (non-hydrogen) atoms. The molecule has 0 aliphatic heterocycles. The lowest BCUT2D eigenvalue weighted by molar-refractivity contribution is -0.138. The van der Waals surface area contributed by atoms with Crippen LogP contribution in [-0.4, -0.2) is 60.3 Å². The lowest BCUT2D eigenvalue weighted by atomic mass is 10.8. The summed E-state index contributed by atoms with van der Waals surface area (Å²) in [5, 5.41) is 7.42. The minimum Gasteiger partial charge on any atom is -0.481 e. The minimum absolute atomic E-state index is 0. The largest absolute Gasteiger partial charge is 0.481 e. The molecule has 3 radical (unpaired) electrons. The van der Waals surface area contributed by atoms with Gasteiger partial charge in [-0.05, 0) is 14.1 Å². The molecular formula is C10H29B3I6N3O6. The third-order valence-corrected chi connectivity index (χ3v) is 0.575. The summed E-state index contributed by atoms with van der Waals surface area (Å²) in [6.45, 7) is 3.81. The van der Waals surface area contributed by atoms with Crippen LogP contribution in [0.25, 0.3) is 0 Å². The first-order valence-electron chi connectivity index (χ1n) is 6.02. The highest BCUT2D eigenvalue weighted by Gasteiger charge is 1.87. The van der Waals surface area contributed by atoms with Gasteiger partial charge < -0.3 is 32.2 Å². The monoisotopic (exact) mass is 1080 g/mol. The topological polar surface area (TPSA) is 177 Å². The van der Waals surface area contributed by atoms with Crippen LogP contribution >= 0.6 is 134 Å². The Morgan fingerprint density at radius 3 is 0.893 bits per heavy atom. The molecule has 0 bridgehead atoms. The van der Waals surface area contributed by atoms with E-state index < -0.39 is 5.97 Å². The predicted octanol–water partition coefficient (Wildman–Crippen LogP) is 3.93. The smallest absolute Gasteiger partial charge is 0.355 e. The Balaban J connectivity index is -0.0000000215. The van der Waals surface area contributed by atoms with E-state index in [4.69, 9.17) is 9.90 Å². The average Bonchev–Trinajstić information content (AvgIpc) is 2.60. The number of aliphatic carboxylic acids is 1. The van der Waals surface area contributed by atoms with Gasteiger partial charge in [0.15, 0.2) is 5.70 Å². The second-order valence-corrected chi connectivity index (χ2v) is 16.8. The van der Waals surface area contributed by atoms with E-state index in [2.05, 4.69) is 139 Å². The van der Waals surface area contributed by atoms with E-state index in [9.17, 15) is 9.59 Å². The zero-order valence-corrected chi connectivity index (χ0v) is 29.8. The summed E-state index contributed by atoms with van der Waals surface area (Å²) in [7, 11) is 5.70. The summed E-state index contributed by atoms with van der Waals surface area (Å²) in [5.41, 5.74) is 13.5. The van der Waals surface area contributed by atoms with Gasteiger partial charge in [-0.2, -0.15) is 22.4 Å². The summed E-state index contributed by atoms with van der Waals surface area (Å²) in [6.07, 6.45) is 0. The van der Waals surface area contributed by atoms with Crippen LogP contribution in [0.2, 0.25) is 0 Å². The van der Waals surface area contributed by atoms with Crippen molar-refractivity contribution in [2.45, 2.75) is 20.8 Å². The maximum absolute atomic E-state index is 9.59. The molecule has 0 aromatic heterocycles. The molecule has 171 valence electrons. The summed E-state index contributed by atoms with van der Waals surface area (Å²) in [5.74, 6) is -1.32. The predicted molar refractivity (Wildman–Crippen MR) is 175 cm³/mol. The molecule has 0 aromatic rings.